The van der Waals surface area contributed by atoms with E-state index in [0.717, 1.165) is 11.5 Å². The number of aromatic nitrogens is 2. The highest BCUT2D eigenvalue weighted by atomic mass is 32.1. The Kier molecular flexibility index (Phi) is 3.73. The summed E-state index contributed by atoms with van der Waals surface area (Å²) in [6.07, 6.45) is 0. The number of carbonyl (C=O) groups is 1. The van der Waals surface area contributed by atoms with E-state index in [2.05, 4.69) is 9.59 Å². The number of ether oxygens (including phenoxy) is 2. The average molecular weight is 266 g/mol. The van der Waals surface area contributed by atoms with E-state index in [9.17, 15) is 4.79 Å². The van der Waals surface area contributed by atoms with E-state index in [1.807, 2.05) is 0 Å². The fourth-order valence-electron chi connectivity index (χ4n) is 1.31. The van der Waals surface area contributed by atoms with Crippen LogP contribution >= 0.6 is 11.5 Å². The fourth-order valence-corrected chi connectivity index (χ4v) is 1.85. The lowest BCUT2D eigenvalue weighted by atomic mass is 10.3. The zero-order chi connectivity index (χ0) is 13.0. The molecule has 0 atom stereocenters. The van der Waals surface area contributed by atoms with Crippen LogP contribution < -0.4 is 9.47 Å². The third-order valence-corrected chi connectivity index (χ3v) is 2.86. The van der Waals surface area contributed by atoms with Crippen molar-refractivity contribution < 1.29 is 19.4 Å². The Labute approximate surface area is 107 Å². The Hall–Kier alpha value is -2.15. The van der Waals surface area contributed by atoms with Crippen molar-refractivity contribution in [1.82, 2.24) is 9.59 Å². The molecule has 7 heteroatoms. The van der Waals surface area contributed by atoms with Gasteiger partial charge in [0.15, 0.2) is 5.69 Å². The Morgan fingerprint density at radius 3 is 2.94 bits per heavy atom. The van der Waals surface area contributed by atoms with Gasteiger partial charge in [-0.2, -0.15) is 0 Å². The topological polar surface area (TPSA) is 81.5 Å². The van der Waals surface area contributed by atoms with Crippen LogP contribution in [0.5, 0.6) is 11.5 Å². The van der Waals surface area contributed by atoms with Crippen LogP contribution in [0, 0.1) is 0 Å². The molecule has 1 heterocycles. The molecule has 0 unspecified atom stereocenters. The molecule has 6 nitrogen and oxygen atoms in total. The number of benzene rings is 1. The summed E-state index contributed by atoms with van der Waals surface area (Å²) in [5.74, 6) is 0.167. The van der Waals surface area contributed by atoms with Gasteiger partial charge in [0, 0.05) is 6.07 Å². The normalized spacial score (nSPS) is 10.1. The predicted molar refractivity (Wildman–Crippen MR) is 64.2 cm³/mol. The molecule has 0 bridgehead atoms. The fraction of sp³-hybridized carbons (Fsp3) is 0.182. The molecule has 0 saturated heterocycles. The number of hydrogen-bond donors (Lipinski definition) is 1. The number of hydrogen-bond acceptors (Lipinski definition) is 6. The molecule has 94 valence electrons. The van der Waals surface area contributed by atoms with E-state index < -0.39 is 5.97 Å². The van der Waals surface area contributed by atoms with Crippen molar-refractivity contribution in [2.24, 2.45) is 0 Å². The van der Waals surface area contributed by atoms with Crippen molar-refractivity contribution in [2.45, 2.75) is 6.61 Å². The quantitative estimate of drug-likeness (QED) is 0.889. The molecule has 0 saturated carbocycles. The minimum absolute atomic E-state index is 0.0668. The molecular formula is C11H10N2O4S. The lowest BCUT2D eigenvalue weighted by Gasteiger charge is -2.06. The summed E-state index contributed by atoms with van der Waals surface area (Å²) in [5, 5.41) is 12.4. The molecule has 1 aromatic heterocycles. The molecule has 2 rings (SSSR count). The van der Waals surface area contributed by atoms with E-state index in [-0.39, 0.29) is 12.3 Å². The molecule has 0 amide bonds. The average Bonchev–Trinajstić information content (AvgIpc) is 2.85. The van der Waals surface area contributed by atoms with Crippen molar-refractivity contribution in [3.63, 3.8) is 0 Å². The van der Waals surface area contributed by atoms with Crippen LogP contribution in [-0.4, -0.2) is 27.8 Å². The van der Waals surface area contributed by atoms with Gasteiger partial charge in [-0.3, -0.25) is 0 Å². The third kappa shape index (κ3) is 2.75. The second kappa shape index (κ2) is 5.46. The minimum atomic E-state index is -1.10. The number of nitrogens with zero attached hydrogens (tertiary/aromatic N) is 2. The SMILES string of the molecule is COc1cccc(OCc2snnc2C(=O)O)c1. The summed E-state index contributed by atoms with van der Waals surface area (Å²) in [4.78, 5) is 11.3. The lowest BCUT2D eigenvalue weighted by molar-refractivity contribution is 0.0687. The first-order chi connectivity index (χ1) is 8.70. The second-order valence-corrected chi connectivity index (χ2v) is 4.16. The van der Waals surface area contributed by atoms with Crippen molar-refractivity contribution in [3.05, 3.63) is 34.8 Å². The van der Waals surface area contributed by atoms with Crippen LogP contribution in [0.3, 0.4) is 0 Å². The van der Waals surface area contributed by atoms with E-state index >= 15 is 0 Å². The van der Waals surface area contributed by atoms with Crippen LogP contribution in [0.25, 0.3) is 0 Å². The van der Waals surface area contributed by atoms with Crippen LogP contribution in [-0.2, 0) is 6.61 Å². The number of rotatable bonds is 5. The first-order valence-electron chi connectivity index (χ1n) is 5.02. The number of carboxylic acids is 1. The third-order valence-electron chi connectivity index (χ3n) is 2.17. The van der Waals surface area contributed by atoms with Crippen molar-refractivity contribution in [1.29, 1.82) is 0 Å². The molecule has 0 aliphatic heterocycles. The predicted octanol–water partition coefficient (Wildman–Crippen LogP) is 1.82. The zero-order valence-corrected chi connectivity index (χ0v) is 10.3. The van der Waals surface area contributed by atoms with Gasteiger partial charge in [-0.15, -0.1) is 5.10 Å². The molecule has 0 radical (unpaired) electrons. The van der Waals surface area contributed by atoms with E-state index in [0.29, 0.717) is 16.4 Å². The van der Waals surface area contributed by atoms with Gasteiger partial charge in [0.05, 0.1) is 12.0 Å². The van der Waals surface area contributed by atoms with Gasteiger partial charge in [-0.1, -0.05) is 10.6 Å². The summed E-state index contributed by atoms with van der Waals surface area (Å²) >= 11 is 1.01. The summed E-state index contributed by atoms with van der Waals surface area (Å²) in [7, 11) is 1.56. The Bertz CT molecular complexity index is 555. The van der Waals surface area contributed by atoms with E-state index in [4.69, 9.17) is 14.6 Å². The number of carboxylic acid groups (broad SMARTS) is 1. The Balaban J connectivity index is 2.06. The second-order valence-electron chi connectivity index (χ2n) is 3.32. The van der Waals surface area contributed by atoms with Gasteiger partial charge >= 0.3 is 5.97 Å². The van der Waals surface area contributed by atoms with Gasteiger partial charge in [0.1, 0.15) is 18.1 Å². The monoisotopic (exact) mass is 266 g/mol. The molecule has 0 aliphatic carbocycles. The molecule has 0 aliphatic rings. The summed E-state index contributed by atoms with van der Waals surface area (Å²) in [6.45, 7) is 0.118. The Morgan fingerprint density at radius 1 is 1.44 bits per heavy atom. The molecular weight excluding hydrogens is 256 g/mol. The smallest absolute Gasteiger partial charge is 0.357 e. The highest BCUT2D eigenvalue weighted by Crippen LogP contribution is 2.21. The minimum Gasteiger partial charge on any atom is -0.497 e. The zero-order valence-electron chi connectivity index (χ0n) is 9.49. The van der Waals surface area contributed by atoms with E-state index in [1.54, 1.807) is 31.4 Å². The highest BCUT2D eigenvalue weighted by Gasteiger charge is 2.15. The number of aromatic carboxylic acids is 1. The first-order valence-corrected chi connectivity index (χ1v) is 5.79. The standard InChI is InChI=1S/C11H10N2O4S/c1-16-7-3-2-4-8(5-7)17-6-9-10(11(14)15)12-13-18-9/h2-5H,6H2,1H3,(H,14,15). The maximum atomic E-state index is 10.8. The first kappa shape index (κ1) is 12.3. The van der Waals surface area contributed by atoms with Gasteiger partial charge in [-0.25, -0.2) is 4.79 Å². The van der Waals surface area contributed by atoms with Crippen LogP contribution in [0.2, 0.25) is 0 Å². The molecule has 2 aromatic rings. The van der Waals surface area contributed by atoms with Crippen molar-refractivity contribution >= 4 is 17.5 Å². The van der Waals surface area contributed by atoms with Crippen LogP contribution in [0.4, 0.5) is 0 Å². The maximum absolute atomic E-state index is 10.8. The summed E-state index contributed by atoms with van der Waals surface area (Å²) in [6, 6.07) is 7.06. The highest BCUT2D eigenvalue weighted by molar-refractivity contribution is 7.05. The largest absolute Gasteiger partial charge is 0.497 e. The number of methoxy groups -OCH3 is 1. The summed E-state index contributed by atoms with van der Waals surface area (Å²) < 4.78 is 14.1. The van der Waals surface area contributed by atoms with Crippen LogP contribution in [0.15, 0.2) is 24.3 Å². The summed E-state index contributed by atoms with van der Waals surface area (Å²) in [5.41, 5.74) is -0.0668. The van der Waals surface area contributed by atoms with Crippen LogP contribution in [0.1, 0.15) is 15.4 Å². The Morgan fingerprint density at radius 2 is 2.22 bits per heavy atom. The molecule has 1 N–H and O–H groups in total. The molecule has 0 spiro atoms. The van der Waals surface area contributed by atoms with Gasteiger partial charge in [-0.05, 0) is 23.7 Å². The molecule has 0 fully saturated rings. The molecule has 18 heavy (non-hydrogen) atoms. The van der Waals surface area contributed by atoms with Gasteiger partial charge in [0.2, 0.25) is 0 Å². The maximum Gasteiger partial charge on any atom is 0.357 e. The van der Waals surface area contributed by atoms with Gasteiger partial charge < -0.3 is 14.6 Å². The van der Waals surface area contributed by atoms with E-state index in [1.165, 1.54) is 0 Å². The van der Waals surface area contributed by atoms with Gasteiger partial charge in [0.25, 0.3) is 0 Å². The molecule has 1 aromatic carbocycles. The van der Waals surface area contributed by atoms with Crippen molar-refractivity contribution in [2.75, 3.05) is 7.11 Å². The lowest BCUT2D eigenvalue weighted by Crippen LogP contribution is -2.03. The van der Waals surface area contributed by atoms with Crippen molar-refractivity contribution in [3.8, 4) is 11.5 Å².